The molecule has 1 fully saturated rings. The number of hydrogen-bond acceptors (Lipinski definition) is 2. The summed E-state index contributed by atoms with van der Waals surface area (Å²) in [4.78, 5) is 4.39. The molecule has 70 valence electrons. The lowest BCUT2D eigenvalue weighted by Gasteiger charge is -2.18. The van der Waals surface area contributed by atoms with Crippen LogP contribution in [0.4, 0.5) is 0 Å². The van der Waals surface area contributed by atoms with Crippen LogP contribution in [-0.4, -0.2) is 49.4 Å². The predicted molar refractivity (Wildman–Crippen MR) is 51.7 cm³/mol. The summed E-state index contributed by atoms with van der Waals surface area (Å²) < 4.78 is 0. The van der Waals surface area contributed by atoms with Crippen LogP contribution in [0.25, 0.3) is 0 Å². The Bertz CT molecular complexity index is 154. The number of amidine groups is 1. The second kappa shape index (κ2) is 4.45. The Hall–Kier alpha value is -0.570. The van der Waals surface area contributed by atoms with E-state index in [0.717, 1.165) is 31.9 Å². The van der Waals surface area contributed by atoms with Gasteiger partial charge in [-0.25, -0.2) is 0 Å². The largest absolute Gasteiger partial charge is 0.360 e. The van der Waals surface area contributed by atoms with Gasteiger partial charge in [-0.2, -0.15) is 0 Å². The average molecular weight is 169 g/mol. The molecule has 1 aliphatic heterocycles. The van der Waals surface area contributed by atoms with E-state index in [2.05, 4.69) is 23.9 Å². The number of nitrogens with one attached hydrogen (secondary N) is 1. The van der Waals surface area contributed by atoms with E-state index in [1.807, 2.05) is 0 Å². The topological polar surface area (TPSA) is 30.3 Å². The van der Waals surface area contributed by atoms with E-state index in [9.17, 15) is 0 Å². The van der Waals surface area contributed by atoms with Crippen molar-refractivity contribution in [2.75, 3.05) is 33.7 Å². The van der Waals surface area contributed by atoms with Crippen molar-refractivity contribution in [3.8, 4) is 0 Å². The van der Waals surface area contributed by atoms with E-state index >= 15 is 0 Å². The van der Waals surface area contributed by atoms with Crippen LogP contribution in [0, 0.1) is 5.41 Å². The van der Waals surface area contributed by atoms with Gasteiger partial charge in [0.1, 0.15) is 0 Å². The molecule has 0 aliphatic carbocycles. The Labute approximate surface area is 74.9 Å². The van der Waals surface area contributed by atoms with Gasteiger partial charge in [0.25, 0.3) is 0 Å². The minimum absolute atomic E-state index is 0.841. The molecule has 1 saturated heterocycles. The normalized spacial score (nSPS) is 17.9. The Balaban J connectivity index is 2.10. The fourth-order valence-corrected chi connectivity index (χ4v) is 1.55. The van der Waals surface area contributed by atoms with Crippen molar-refractivity contribution in [2.45, 2.75) is 19.3 Å². The smallest absolute Gasteiger partial charge is 0.0958 e. The van der Waals surface area contributed by atoms with Gasteiger partial charge >= 0.3 is 0 Å². The maximum absolute atomic E-state index is 7.60. The Kier molecular flexibility index (Phi) is 3.53. The van der Waals surface area contributed by atoms with Crippen LogP contribution >= 0.6 is 0 Å². The summed E-state index contributed by atoms with van der Waals surface area (Å²) in [6, 6.07) is 0. The second-order valence-corrected chi connectivity index (χ2v) is 3.69. The minimum Gasteiger partial charge on any atom is -0.360 e. The highest BCUT2D eigenvalue weighted by atomic mass is 15.2. The van der Waals surface area contributed by atoms with Gasteiger partial charge in [-0.3, -0.25) is 5.41 Å². The van der Waals surface area contributed by atoms with E-state index in [1.165, 1.54) is 12.8 Å². The molecule has 1 aliphatic rings. The van der Waals surface area contributed by atoms with E-state index in [1.54, 1.807) is 0 Å². The molecule has 0 unspecified atom stereocenters. The molecule has 0 bridgehead atoms. The second-order valence-electron chi connectivity index (χ2n) is 3.69. The average Bonchev–Trinajstić information content (AvgIpc) is 2.36. The third-order valence-electron chi connectivity index (χ3n) is 2.26. The summed E-state index contributed by atoms with van der Waals surface area (Å²) >= 11 is 0. The van der Waals surface area contributed by atoms with Crippen LogP contribution < -0.4 is 0 Å². The van der Waals surface area contributed by atoms with Crippen LogP contribution in [-0.2, 0) is 0 Å². The van der Waals surface area contributed by atoms with Crippen LogP contribution in [0.3, 0.4) is 0 Å². The lowest BCUT2D eigenvalue weighted by molar-refractivity contribution is 0.358. The van der Waals surface area contributed by atoms with E-state index < -0.39 is 0 Å². The first kappa shape index (κ1) is 9.52. The van der Waals surface area contributed by atoms with Crippen LogP contribution in [0.2, 0.25) is 0 Å². The van der Waals surface area contributed by atoms with E-state index in [0.29, 0.717) is 0 Å². The zero-order valence-electron chi connectivity index (χ0n) is 8.14. The Morgan fingerprint density at radius 1 is 1.50 bits per heavy atom. The van der Waals surface area contributed by atoms with Gasteiger partial charge < -0.3 is 9.80 Å². The molecule has 0 atom stereocenters. The molecule has 3 heteroatoms. The maximum atomic E-state index is 7.60. The molecule has 0 saturated carbocycles. The number of hydrogen-bond donors (Lipinski definition) is 1. The van der Waals surface area contributed by atoms with Gasteiger partial charge in [-0.15, -0.1) is 0 Å². The molecule has 1 N–H and O–H groups in total. The zero-order valence-corrected chi connectivity index (χ0v) is 8.14. The predicted octanol–water partition coefficient (Wildman–Crippen LogP) is 1.01. The SMILES string of the molecule is CN(C)CCCN1CCCC1=N. The lowest BCUT2D eigenvalue weighted by Crippen LogP contribution is -2.27. The van der Waals surface area contributed by atoms with Gasteiger partial charge in [-0.1, -0.05) is 0 Å². The standard InChI is InChI=1S/C9H19N3/c1-11(2)6-4-8-12-7-3-5-9(12)10/h10H,3-8H2,1-2H3. The van der Waals surface area contributed by atoms with Crippen LogP contribution in [0.1, 0.15) is 19.3 Å². The third kappa shape index (κ3) is 2.81. The summed E-state index contributed by atoms with van der Waals surface area (Å²) in [7, 11) is 4.19. The molecule has 3 nitrogen and oxygen atoms in total. The molecule has 0 amide bonds. The number of rotatable bonds is 4. The Morgan fingerprint density at radius 2 is 2.25 bits per heavy atom. The van der Waals surface area contributed by atoms with Crippen molar-refractivity contribution in [3.63, 3.8) is 0 Å². The van der Waals surface area contributed by atoms with Gasteiger partial charge in [0.15, 0.2) is 0 Å². The summed E-state index contributed by atoms with van der Waals surface area (Å²) in [5.74, 6) is 0.841. The molecule has 0 aromatic carbocycles. The summed E-state index contributed by atoms with van der Waals surface area (Å²) in [6.07, 6.45) is 3.35. The van der Waals surface area contributed by atoms with Gasteiger partial charge in [0.2, 0.25) is 0 Å². The summed E-state index contributed by atoms with van der Waals surface area (Å²) in [5.41, 5.74) is 0. The van der Waals surface area contributed by atoms with Crippen molar-refractivity contribution < 1.29 is 0 Å². The summed E-state index contributed by atoms with van der Waals surface area (Å²) in [6.45, 7) is 3.30. The molecule has 0 radical (unpaired) electrons. The molecular weight excluding hydrogens is 150 g/mol. The van der Waals surface area contributed by atoms with Crippen LogP contribution in [0.5, 0.6) is 0 Å². The quantitative estimate of drug-likeness (QED) is 0.681. The minimum atomic E-state index is 0.841. The molecular formula is C9H19N3. The van der Waals surface area contributed by atoms with Gasteiger partial charge in [0, 0.05) is 19.5 Å². The number of likely N-dealkylation sites (tertiary alicyclic amines) is 1. The van der Waals surface area contributed by atoms with Crippen molar-refractivity contribution in [1.29, 1.82) is 5.41 Å². The highest BCUT2D eigenvalue weighted by Crippen LogP contribution is 2.09. The van der Waals surface area contributed by atoms with Crippen LogP contribution in [0.15, 0.2) is 0 Å². The highest BCUT2D eigenvalue weighted by molar-refractivity contribution is 5.80. The fraction of sp³-hybridized carbons (Fsp3) is 0.889. The van der Waals surface area contributed by atoms with Crippen molar-refractivity contribution in [3.05, 3.63) is 0 Å². The summed E-state index contributed by atoms with van der Waals surface area (Å²) in [5, 5.41) is 7.60. The molecule has 1 rings (SSSR count). The molecule has 1 heterocycles. The zero-order chi connectivity index (χ0) is 8.97. The molecule has 0 aromatic rings. The van der Waals surface area contributed by atoms with Crippen molar-refractivity contribution in [1.82, 2.24) is 9.80 Å². The first-order valence-corrected chi connectivity index (χ1v) is 4.67. The molecule has 0 aromatic heterocycles. The lowest BCUT2D eigenvalue weighted by atomic mass is 10.3. The van der Waals surface area contributed by atoms with Crippen molar-refractivity contribution in [2.24, 2.45) is 0 Å². The maximum Gasteiger partial charge on any atom is 0.0958 e. The highest BCUT2D eigenvalue weighted by Gasteiger charge is 2.15. The van der Waals surface area contributed by atoms with Gasteiger partial charge in [0.05, 0.1) is 5.84 Å². The monoisotopic (exact) mass is 169 g/mol. The van der Waals surface area contributed by atoms with Crippen molar-refractivity contribution >= 4 is 5.84 Å². The van der Waals surface area contributed by atoms with E-state index in [-0.39, 0.29) is 0 Å². The molecule has 12 heavy (non-hydrogen) atoms. The molecule has 0 spiro atoms. The first-order valence-electron chi connectivity index (χ1n) is 4.67. The Morgan fingerprint density at radius 3 is 2.75 bits per heavy atom. The fourth-order valence-electron chi connectivity index (χ4n) is 1.55. The third-order valence-corrected chi connectivity index (χ3v) is 2.26. The number of nitrogens with zero attached hydrogens (tertiary/aromatic N) is 2. The van der Waals surface area contributed by atoms with Gasteiger partial charge in [-0.05, 0) is 33.5 Å². The first-order chi connectivity index (χ1) is 5.70. The van der Waals surface area contributed by atoms with E-state index in [4.69, 9.17) is 5.41 Å².